The molecule has 0 bridgehead atoms. The number of hydrogen-bond acceptors (Lipinski definition) is 6. The van der Waals surface area contributed by atoms with Crippen molar-refractivity contribution in [2.45, 2.75) is 20.3 Å². The Morgan fingerprint density at radius 2 is 2.06 bits per heavy atom. The van der Waals surface area contributed by atoms with Gasteiger partial charge in [-0.15, -0.1) is 0 Å². The lowest BCUT2D eigenvalue weighted by molar-refractivity contribution is 0.971. The first-order chi connectivity index (χ1) is 8.70. The van der Waals surface area contributed by atoms with Crippen molar-refractivity contribution in [1.29, 1.82) is 0 Å². The largest absolute Gasteiger partial charge is 0.369 e. The van der Waals surface area contributed by atoms with E-state index in [9.17, 15) is 0 Å². The van der Waals surface area contributed by atoms with Crippen LogP contribution in [-0.4, -0.2) is 16.5 Å². The standard InChI is InChI=1S/C12H17N5S/c1-8-11(15-9(2)16-12(8)17-13)14-5-3-10-4-6-18-7-10/h4,6-7H,3,5,13H2,1-2H3,(H2,14,15,16,17). The molecule has 0 saturated carbocycles. The molecule has 6 heteroatoms. The van der Waals surface area contributed by atoms with Gasteiger partial charge in [0.1, 0.15) is 17.5 Å². The fourth-order valence-electron chi connectivity index (χ4n) is 1.70. The molecule has 2 aromatic rings. The number of nitrogens with one attached hydrogen (secondary N) is 2. The lowest BCUT2D eigenvalue weighted by Gasteiger charge is -2.12. The van der Waals surface area contributed by atoms with E-state index in [0.717, 1.165) is 24.3 Å². The van der Waals surface area contributed by atoms with Crippen molar-refractivity contribution >= 4 is 23.0 Å². The Hall–Kier alpha value is -1.66. The Balaban J connectivity index is 2.02. The summed E-state index contributed by atoms with van der Waals surface area (Å²) in [6, 6.07) is 2.14. The van der Waals surface area contributed by atoms with E-state index >= 15 is 0 Å². The van der Waals surface area contributed by atoms with Crippen molar-refractivity contribution in [2.24, 2.45) is 5.84 Å². The Morgan fingerprint density at radius 1 is 1.28 bits per heavy atom. The number of nitrogens with two attached hydrogens (primary N) is 1. The summed E-state index contributed by atoms with van der Waals surface area (Å²) in [5.74, 6) is 7.63. The SMILES string of the molecule is Cc1nc(NN)c(C)c(NCCc2ccsc2)n1. The molecule has 2 aromatic heterocycles. The topological polar surface area (TPSA) is 75.9 Å². The van der Waals surface area contributed by atoms with E-state index in [1.807, 2.05) is 13.8 Å². The molecule has 0 atom stereocenters. The molecule has 0 unspecified atom stereocenters. The lowest BCUT2D eigenvalue weighted by Crippen LogP contribution is -2.15. The number of anilines is 2. The first-order valence-corrected chi connectivity index (χ1v) is 6.72. The second-order valence-electron chi connectivity index (χ2n) is 4.05. The van der Waals surface area contributed by atoms with Crippen LogP contribution in [0.5, 0.6) is 0 Å². The van der Waals surface area contributed by atoms with Gasteiger partial charge in [-0.1, -0.05) is 0 Å². The molecule has 0 amide bonds. The fraction of sp³-hybridized carbons (Fsp3) is 0.333. The third-order valence-electron chi connectivity index (χ3n) is 2.68. The number of thiophene rings is 1. The number of hydrazine groups is 1. The van der Waals surface area contributed by atoms with Crippen molar-refractivity contribution in [2.75, 3.05) is 17.3 Å². The molecule has 96 valence electrons. The minimum Gasteiger partial charge on any atom is -0.369 e. The number of hydrogen-bond donors (Lipinski definition) is 3. The second-order valence-corrected chi connectivity index (χ2v) is 4.83. The van der Waals surface area contributed by atoms with E-state index in [2.05, 4.69) is 37.5 Å². The molecule has 2 heterocycles. The van der Waals surface area contributed by atoms with Gasteiger partial charge in [0, 0.05) is 12.1 Å². The Morgan fingerprint density at radius 3 is 2.72 bits per heavy atom. The zero-order valence-corrected chi connectivity index (χ0v) is 11.3. The minimum atomic E-state index is 0.667. The van der Waals surface area contributed by atoms with Gasteiger partial charge >= 0.3 is 0 Å². The Bertz CT molecular complexity index is 509. The van der Waals surface area contributed by atoms with E-state index in [1.54, 1.807) is 11.3 Å². The van der Waals surface area contributed by atoms with Crippen LogP contribution in [0.1, 0.15) is 17.0 Å². The van der Waals surface area contributed by atoms with Crippen molar-refractivity contribution in [1.82, 2.24) is 9.97 Å². The molecule has 18 heavy (non-hydrogen) atoms. The average Bonchev–Trinajstić information content (AvgIpc) is 2.86. The van der Waals surface area contributed by atoms with Gasteiger partial charge in [0.2, 0.25) is 0 Å². The summed E-state index contributed by atoms with van der Waals surface area (Å²) in [4.78, 5) is 8.61. The zero-order chi connectivity index (χ0) is 13.0. The van der Waals surface area contributed by atoms with Crippen LogP contribution >= 0.6 is 11.3 Å². The zero-order valence-electron chi connectivity index (χ0n) is 10.5. The number of rotatable bonds is 5. The molecular weight excluding hydrogens is 246 g/mol. The molecule has 0 saturated heterocycles. The second kappa shape index (κ2) is 5.79. The molecule has 0 radical (unpaired) electrons. The van der Waals surface area contributed by atoms with Crippen LogP contribution in [0.4, 0.5) is 11.6 Å². The quantitative estimate of drug-likeness (QED) is 0.569. The van der Waals surface area contributed by atoms with Gasteiger partial charge in [-0.25, -0.2) is 15.8 Å². The van der Waals surface area contributed by atoms with E-state index in [-0.39, 0.29) is 0 Å². The van der Waals surface area contributed by atoms with Gasteiger partial charge in [0.15, 0.2) is 0 Å². The van der Waals surface area contributed by atoms with E-state index in [4.69, 9.17) is 5.84 Å². The minimum absolute atomic E-state index is 0.667. The molecule has 0 aliphatic rings. The normalized spacial score (nSPS) is 10.4. The highest BCUT2D eigenvalue weighted by molar-refractivity contribution is 7.07. The van der Waals surface area contributed by atoms with Gasteiger partial charge < -0.3 is 10.7 Å². The van der Waals surface area contributed by atoms with Crippen LogP contribution in [0.2, 0.25) is 0 Å². The Kier molecular flexibility index (Phi) is 4.11. The van der Waals surface area contributed by atoms with Crippen LogP contribution in [-0.2, 0) is 6.42 Å². The number of aryl methyl sites for hydroxylation is 1. The summed E-state index contributed by atoms with van der Waals surface area (Å²) in [6.07, 6.45) is 0.984. The van der Waals surface area contributed by atoms with Gasteiger partial charge in [0.05, 0.1) is 0 Å². The van der Waals surface area contributed by atoms with Gasteiger partial charge in [-0.05, 0) is 42.7 Å². The maximum atomic E-state index is 5.43. The van der Waals surface area contributed by atoms with Crippen LogP contribution in [0.25, 0.3) is 0 Å². The summed E-state index contributed by atoms with van der Waals surface area (Å²) in [6.45, 7) is 4.64. The van der Waals surface area contributed by atoms with Crippen LogP contribution in [0, 0.1) is 13.8 Å². The van der Waals surface area contributed by atoms with Crippen molar-refractivity contribution in [3.8, 4) is 0 Å². The molecular formula is C12H17N5S. The smallest absolute Gasteiger partial charge is 0.148 e. The van der Waals surface area contributed by atoms with E-state index in [0.29, 0.717) is 11.6 Å². The first kappa shape index (κ1) is 12.8. The highest BCUT2D eigenvalue weighted by atomic mass is 32.1. The van der Waals surface area contributed by atoms with E-state index < -0.39 is 0 Å². The number of nitrogens with zero attached hydrogens (tertiary/aromatic N) is 2. The third kappa shape index (κ3) is 2.96. The summed E-state index contributed by atoms with van der Waals surface area (Å²) in [5, 5.41) is 7.57. The predicted molar refractivity (Wildman–Crippen MR) is 75.8 cm³/mol. The lowest BCUT2D eigenvalue weighted by atomic mass is 10.2. The van der Waals surface area contributed by atoms with E-state index in [1.165, 1.54) is 5.56 Å². The molecule has 0 aromatic carbocycles. The van der Waals surface area contributed by atoms with Gasteiger partial charge in [-0.2, -0.15) is 11.3 Å². The summed E-state index contributed by atoms with van der Waals surface area (Å²) < 4.78 is 0. The van der Waals surface area contributed by atoms with Crippen molar-refractivity contribution < 1.29 is 0 Å². The molecule has 0 spiro atoms. The summed E-state index contributed by atoms with van der Waals surface area (Å²) in [5.41, 5.74) is 4.87. The molecule has 5 nitrogen and oxygen atoms in total. The van der Waals surface area contributed by atoms with Crippen molar-refractivity contribution in [3.05, 3.63) is 33.8 Å². The molecule has 0 aliphatic heterocycles. The number of nitrogen functional groups attached to an aromatic ring is 1. The van der Waals surface area contributed by atoms with Gasteiger partial charge in [-0.3, -0.25) is 0 Å². The molecule has 4 N–H and O–H groups in total. The van der Waals surface area contributed by atoms with Crippen LogP contribution in [0.3, 0.4) is 0 Å². The Labute approximate surface area is 110 Å². The molecule has 0 fully saturated rings. The summed E-state index contributed by atoms with van der Waals surface area (Å²) >= 11 is 1.72. The third-order valence-corrected chi connectivity index (χ3v) is 3.41. The number of aromatic nitrogens is 2. The first-order valence-electron chi connectivity index (χ1n) is 5.77. The maximum Gasteiger partial charge on any atom is 0.148 e. The predicted octanol–water partition coefficient (Wildman–Crippen LogP) is 2.10. The van der Waals surface area contributed by atoms with Crippen molar-refractivity contribution in [3.63, 3.8) is 0 Å². The fourth-order valence-corrected chi connectivity index (χ4v) is 2.40. The highest BCUT2D eigenvalue weighted by Crippen LogP contribution is 2.18. The highest BCUT2D eigenvalue weighted by Gasteiger charge is 2.07. The van der Waals surface area contributed by atoms with Crippen LogP contribution < -0.4 is 16.6 Å². The maximum absolute atomic E-state index is 5.43. The van der Waals surface area contributed by atoms with Gasteiger partial charge in [0.25, 0.3) is 0 Å². The average molecular weight is 263 g/mol. The summed E-state index contributed by atoms with van der Waals surface area (Å²) in [7, 11) is 0. The molecule has 2 rings (SSSR count). The molecule has 0 aliphatic carbocycles. The van der Waals surface area contributed by atoms with Crippen LogP contribution in [0.15, 0.2) is 16.8 Å². The monoisotopic (exact) mass is 263 g/mol.